The van der Waals surface area contributed by atoms with Crippen molar-refractivity contribution in [2.24, 2.45) is 0 Å². The second kappa shape index (κ2) is 10.2. The van der Waals surface area contributed by atoms with Gasteiger partial charge in [-0.3, -0.25) is 0 Å². The van der Waals surface area contributed by atoms with Gasteiger partial charge < -0.3 is 20.5 Å². The van der Waals surface area contributed by atoms with E-state index in [0.29, 0.717) is 19.3 Å². The van der Waals surface area contributed by atoms with E-state index in [0.717, 1.165) is 5.56 Å². The number of aliphatic hydroxyl groups is 1. The Balaban J connectivity index is 1.81. The molecule has 0 spiro atoms. The van der Waals surface area contributed by atoms with E-state index >= 15 is 0 Å². The first-order valence-corrected chi connectivity index (χ1v) is 11.1. The van der Waals surface area contributed by atoms with Crippen molar-refractivity contribution in [3.63, 3.8) is 0 Å². The molecule has 9 heteroatoms. The maximum Gasteiger partial charge on any atom is 0.315 e. The molecule has 3 atom stereocenters. The number of nitrogens with one attached hydrogen (secondary N) is 3. The minimum atomic E-state index is -3.56. The number of aryl methyl sites for hydroxylation is 1. The SMILES string of the molecule is Cc1ccc(S(=O)(=O)NCC[C@H]2CC[C@@H](NC(=O)NC(C)C)[C@H](CO)O2)cc1. The molecule has 0 radical (unpaired) electrons. The van der Waals surface area contributed by atoms with Gasteiger partial charge in [0.25, 0.3) is 0 Å². The van der Waals surface area contributed by atoms with Gasteiger partial charge in [-0.2, -0.15) is 0 Å². The van der Waals surface area contributed by atoms with Crippen LogP contribution in [0.2, 0.25) is 0 Å². The Kier molecular flexibility index (Phi) is 8.23. The maximum atomic E-state index is 12.3. The van der Waals surface area contributed by atoms with Crippen LogP contribution in [0.25, 0.3) is 0 Å². The number of benzene rings is 1. The number of hydrogen-bond donors (Lipinski definition) is 4. The van der Waals surface area contributed by atoms with Crippen molar-refractivity contribution in [1.29, 1.82) is 0 Å². The summed E-state index contributed by atoms with van der Waals surface area (Å²) in [5.41, 5.74) is 0.995. The van der Waals surface area contributed by atoms with E-state index in [2.05, 4.69) is 15.4 Å². The van der Waals surface area contributed by atoms with Gasteiger partial charge in [-0.1, -0.05) is 17.7 Å². The third kappa shape index (κ3) is 6.73. The Hall–Kier alpha value is -1.68. The Morgan fingerprint density at radius 3 is 2.54 bits per heavy atom. The van der Waals surface area contributed by atoms with Crippen LogP contribution in [0.4, 0.5) is 4.79 Å². The van der Waals surface area contributed by atoms with Crippen LogP contribution in [0, 0.1) is 6.92 Å². The highest BCUT2D eigenvalue weighted by molar-refractivity contribution is 7.89. The molecule has 1 fully saturated rings. The van der Waals surface area contributed by atoms with E-state index in [9.17, 15) is 18.3 Å². The molecule has 0 unspecified atom stereocenters. The lowest BCUT2D eigenvalue weighted by molar-refractivity contribution is -0.0886. The number of carbonyl (C=O) groups is 1. The Morgan fingerprint density at radius 2 is 1.93 bits per heavy atom. The fourth-order valence-electron chi connectivity index (χ4n) is 3.14. The zero-order valence-corrected chi connectivity index (χ0v) is 17.5. The predicted molar refractivity (Wildman–Crippen MR) is 107 cm³/mol. The summed E-state index contributed by atoms with van der Waals surface area (Å²) in [6, 6.07) is 6.13. The normalized spacial score (nSPS) is 22.8. The smallest absolute Gasteiger partial charge is 0.315 e. The Bertz CT molecular complexity index is 736. The average molecular weight is 414 g/mol. The maximum absolute atomic E-state index is 12.3. The second-order valence-corrected chi connectivity index (χ2v) is 9.20. The lowest BCUT2D eigenvalue weighted by atomic mass is 9.97. The van der Waals surface area contributed by atoms with Crippen molar-refractivity contribution in [3.8, 4) is 0 Å². The van der Waals surface area contributed by atoms with E-state index in [1.807, 2.05) is 20.8 Å². The van der Waals surface area contributed by atoms with Gasteiger partial charge >= 0.3 is 6.03 Å². The van der Waals surface area contributed by atoms with Crippen LogP contribution in [-0.4, -0.2) is 57.0 Å². The number of hydrogen-bond acceptors (Lipinski definition) is 5. The van der Waals surface area contributed by atoms with E-state index in [1.54, 1.807) is 24.3 Å². The number of ether oxygens (including phenoxy) is 1. The summed E-state index contributed by atoms with van der Waals surface area (Å²) in [7, 11) is -3.56. The van der Waals surface area contributed by atoms with E-state index in [-0.39, 0.29) is 42.3 Å². The fraction of sp³-hybridized carbons (Fsp3) is 0.632. The third-order valence-electron chi connectivity index (χ3n) is 4.62. The summed E-state index contributed by atoms with van der Waals surface area (Å²) in [4.78, 5) is 12.1. The molecule has 1 saturated heterocycles. The molecule has 1 aliphatic heterocycles. The standard InChI is InChI=1S/C19H31N3O5S/c1-13(2)21-19(24)22-17-9-6-15(27-18(17)12-23)10-11-20-28(25,26)16-7-4-14(3)5-8-16/h4-5,7-8,13,15,17-18,20,23H,6,9-12H2,1-3H3,(H2,21,22,24)/t15-,17-,18+/m1/s1. The lowest BCUT2D eigenvalue weighted by Crippen LogP contribution is -2.54. The second-order valence-electron chi connectivity index (χ2n) is 7.43. The number of carbonyl (C=O) groups excluding carboxylic acids is 1. The van der Waals surface area contributed by atoms with E-state index in [4.69, 9.17) is 4.74 Å². The number of sulfonamides is 1. The molecule has 1 aliphatic rings. The van der Waals surface area contributed by atoms with Crippen molar-refractivity contribution >= 4 is 16.1 Å². The summed E-state index contributed by atoms with van der Waals surface area (Å²) >= 11 is 0. The molecule has 1 aromatic carbocycles. The molecule has 2 amide bonds. The van der Waals surface area contributed by atoms with Crippen molar-refractivity contribution in [2.75, 3.05) is 13.2 Å². The van der Waals surface area contributed by atoms with Crippen LogP contribution in [0.5, 0.6) is 0 Å². The first kappa shape index (κ1) is 22.6. The Morgan fingerprint density at radius 1 is 1.25 bits per heavy atom. The molecule has 4 N–H and O–H groups in total. The first-order chi connectivity index (χ1) is 13.2. The van der Waals surface area contributed by atoms with Crippen LogP contribution >= 0.6 is 0 Å². The van der Waals surface area contributed by atoms with E-state index in [1.165, 1.54) is 0 Å². The van der Waals surface area contributed by atoms with Gasteiger partial charge in [0.05, 0.1) is 23.6 Å². The van der Waals surface area contributed by atoms with Gasteiger partial charge in [-0.15, -0.1) is 0 Å². The highest BCUT2D eigenvalue weighted by Crippen LogP contribution is 2.22. The number of amides is 2. The molecule has 0 aromatic heterocycles. The van der Waals surface area contributed by atoms with Crippen LogP contribution in [0.3, 0.4) is 0 Å². The fourth-order valence-corrected chi connectivity index (χ4v) is 4.18. The van der Waals surface area contributed by atoms with Gasteiger partial charge in [0.1, 0.15) is 6.10 Å². The molecule has 0 aliphatic carbocycles. The number of rotatable bonds is 8. The molecular formula is C19H31N3O5S. The highest BCUT2D eigenvalue weighted by atomic mass is 32.2. The van der Waals surface area contributed by atoms with Gasteiger partial charge in [0, 0.05) is 12.6 Å². The summed E-state index contributed by atoms with van der Waals surface area (Å²) in [6.45, 7) is 5.67. The topological polar surface area (TPSA) is 117 Å². The van der Waals surface area contributed by atoms with Crippen molar-refractivity contribution < 1.29 is 23.1 Å². The van der Waals surface area contributed by atoms with Gasteiger partial charge in [-0.05, 0) is 52.2 Å². The monoisotopic (exact) mass is 413 g/mol. The molecule has 1 heterocycles. The van der Waals surface area contributed by atoms with Crippen molar-refractivity contribution in [3.05, 3.63) is 29.8 Å². The molecule has 28 heavy (non-hydrogen) atoms. The molecular weight excluding hydrogens is 382 g/mol. The molecule has 2 rings (SSSR count). The Labute approximate surface area is 167 Å². The molecule has 8 nitrogen and oxygen atoms in total. The zero-order chi connectivity index (χ0) is 20.7. The van der Waals surface area contributed by atoms with Gasteiger partial charge in [0.2, 0.25) is 10.0 Å². The lowest BCUT2D eigenvalue weighted by Gasteiger charge is -2.36. The van der Waals surface area contributed by atoms with Crippen LogP contribution < -0.4 is 15.4 Å². The summed E-state index contributed by atoms with van der Waals surface area (Å²) in [5, 5.41) is 15.2. The van der Waals surface area contributed by atoms with Gasteiger partial charge in [-0.25, -0.2) is 17.9 Å². The minimum absolute atomic E-state index is 0.0198. The first-order valence-electron chi connectivity index (χ1n) is 9.61. The summed E-state index contributed by atoms with van der Waals surface area (Å²) in [5.74, 6) is 0. The largest absolute Gasteiger partial charge is 0.394 e. The number of urea groups is 1. The molecule has 158 valence electrons. The summed E-state index contributed by atoms with van der Waals surface area (Å²) < 4.78 is 33.1. The van der Waals surface area contributed by atoms with Crippen LogP contribution in [-0.2, 0) is 14.8 Å². The van der Waals surface area contributed by atoms with Crippen molar-refractivity contribution in [2.45, 2.75) is 69.2 Å². The summed E-state index contributed by atoms with van der Waals surface area (Å²) in [6.07, 6.45) is 1.14. The van der Waals surface area contributed by atoms with Crippen LogP contribution in [0.1, 0.15) is 38.7 Å². The third-order valence-corrected chi connectivity index (χ3v) is 6.10. The molecule has 0 saturated carbocycles. The molecule has 0 bridgehead atoms. The van der Waals surface area contributed by atoms with Crippen molar-refractivity contribution in [1.82, 2.24) is 15.4 Å². The minimum Gasteiger partial charge on any atom is -0.394 e. The highest BCUT2D eigenvalue weighted by Gasteiger charge is 2.32. The average Bonchev–Trinajstić information content (AvgIpc) is 2.62. The van der Waals surface area contributed by atoms with E-state index < -0.39 is 16.1 Å². The van der Waals surface area contributed by atoms with Crippen LogP contribution in [0.15, 0.2) is 29.2 Å². The zero-order valence-electron chi connectivity index (χ0n) is 16.6. The number of aliphatic hydroxyl groups excluding tert-OH is 1. The quantitative estimate of drug-likeness (QED) is 0.512. The predicted octanol–water partition coefficient (Wildman–Crippen LogP) is 1.28. The van der Waals surface area contributed by atoms with Gasteiger partial charge in [0.15, 0.2) is 0 Å². The molecule has 1 aromatic rings.